The van der Waals surface area contributed by atoms with E-state index in [1.54, 1.807) is 11.3 Å². The molecule has 6 heteroatoms. The van der Waals surface area contributed by atoms with Crippen LogP contribution in [-0.2, 0) is 13.1 Å². The predicted octanol–water partition coefficient (Wildman–Crippen LogP) is 3.53. The Morgan fingerprint density at radius 1 is 1.22 bits per heavy atom. The third-order valence-electron chi connectivity index (χ3n) is 6.34. The topological polar surface area (TPSA) is 44.3 Å². The van der Waals surface area contributed by atoms with Gasteiger partial charge in [0, 0.05) is 43.4 Å². The summed E-state index contributed by atoms with van der Waals surface area (Å²) in [6.07, 6.45) is 7.93. The molecule has 0 radical (unpaired) electrons. The molecule has 2 aliphatic rings. The second-order valence-electron chi connectivity index (χ2n) is 8.39. The monoisotopic (exact) mass is 385 g/mol. The van der Waals surface area contributed by atoms with E-state index < -0.39 is 0 Å². The Morgan fingerprint density at radius 3 is 2.67 bits per heavy atom. The van der Waals surface area contributed by atoms with Crippen molar-refractivity contribution in [2.75, 3.05) is 25.0 Å². The number of aromatic nitrogens is 2. The number of nitrogens with zero attached hydrogens (tertiary/aromatic N) is 4. The molecule has 2 fully saturated rings. The molecule has 1 N–H and O–H groups in total. The van der Waals surface area contributed by atoms with E-state index in [4.69, 9.17) is 4.98 Å². The summed E-state index contributed by atoms with van der Waals surface area (Å²) in [5.41, 5.74) is 1.83. The Bertz CT molecular complexity index is 722. The summed E-state index contributed by atoms with van der Waals surface area (Å²) in [6, 6.07) is 5.54. The van der Waals surface area contributed by atoms with Crippen LogP contribution in [0.4, 0.5) is 5.82 Å². The summed E-state index contributed by atoms with van der Waals surface area (Å²) in [7, 11) is 2.10. The molecule has 1 unspecified atom stereocenters. The fourth-order valence-corrected chi connectivity index (χ4v) is 4.94. The van der Waals surface area contributed by atoms with E-state index in [2.05, 4.69) is 64.7 Å². The van der Waals surface area contributed by atoms with Gasteiger partial charge in [-0.15, -0.1) is 11.3 Å². The zero-order valence-corrected chi connectivity index (χ0v) is 17.5. The van der Waals surface area contributed by atoms with Crippen molar-refractivity contribution in [3.8, 4) is 0 Å². The van der Waals surface area contributed by atoms with Gasteiger partial charge in [-0.05, 0) is 63.2 Å². The van der Waals surface area contributed by atoms with Gasteiger partial charge in [0.2, 0.25) is 0 Å². The third-order valence-corrected chi connectivity index (χ3v) is 7.10. The first-order chi connectivity index (χ1) is 13.1. The molecule has 2 aromatic rings. The molecule has 27 heavy (non-hydrogen) atoms. The maximum absolute atomic E-state index is 4.71. The Morgan fingerprint density at radius 2 is 2.04 bits per heavy atom. The summed E-state index contributed by atoms with van der Waals surface area (Å²) in [4.78, 5) is 14.1. The largest absolute Gasteiger partial charge is 0.357 e. The van der Waals surface area contributed by atoms with Crippen molar-refractivity contribution in [3.05, 3.63) is 40.5 Å². The molecule has 1 spiro atoms. The van der Waals surface area contributed by atoms with Crippen LogP contribution < -0.4 is 10.2 Å². The molecule has 1 saturated heterocycles. The molecule has 5 nitrogen and oxygen atoms in total. The molecule has 3 heterocycles. The van der Waals surface area contributed by atoms with Gasteiger partial charge in [0.1, 0.15) is 10.8 Å². The number of hydrogen-bond donors (Lipinski definition) is 1. The molecule has 1 atom stereocenters. The minimum Gasteiger partial charge on any atom is -0.357 e. The summed E-state index contributed by atoms with van der Waals surface area (Å²) in [5, 5.41) is 6.82. The second-order valence-corrected chi connectivity index (χ2v) is 9.37. The van der Waals surface area contributed by atoms with Crippen LogP contribution in [0.25, 0.3) is 0 Å². The zero-order chi connectivity index (χ0) is 18.9. The molecule has 0 bridgehead atoms. The minimum atomic E-state index is 0.455. The molecule has 0 amide bonds. The van der Waals surface area contributed by atoms with Crippen molar-refractivity contribution in [2.24, 2.45) is 5.41 Å². The van der Waals surface area contributed by atoms with Crippen LogP contribution in [0.15, 0.2) is 29.9 Å². The van der Waals surface area contributed by atoms with Gasteiger partial charge < -0.3 is 10.2 Å². The van der Waals surface area contributed by atoms with E-state index in [-0.39, 0.29) is 0 Å². The van der Waals surface area contributed by atoms with Gasteiger partial charge >= 0.3 is 0 Å². The van der Waals surface area contributed by atoms with Gasteiger partial charge in [-0.3, -0.25) is 4.90 Å². The van der Waals surface area contributed by atoms with E-state index in [1.807, 2.05) is 6.20 Å². The van der Waals surface area contributed by atoms with Gasteiger partial charge in [-0.25, -0.2) is 9.97 Å². The highest BCUT2D eigenvalue weighted by atomic mass is 32.1. The Labute approximate surface area is 166 Å². The first-order valence-corrected chi connectivity index (χ1v) is 11.0. The highest BCUT2D eigenvalue weighted by molar-refractivity contribution is 7.09. The van der Waals surface area contributed by atoms with Crippen LogP contribution in [0, 0.1) is 5.41 Å². The number of piperidine rings is 1. The van der Waals surface area contributed by atoms with Gasteiger partial charge in [-0.2, -0.15) is 0 Å². The highest BCUT2D eigenvalue weighted by Gasteiger charge is 2.56. The Hall–Kier alpha value is -1.50. The lowest BCUT2D eigenvalue weighted by Crippen LogP contribution is -2.35. The molecule has 1 aliphatic heterocycles. The van der Waals surface area contributed by atoms with Gasteiger partial charge in [-0.1, -0.05) is 6.07 Å². The number of anilines is 1. The second kappa shape index (κ2) is 7.86. The average Bonchev–Trinajstić information content (AvgIpc) is 3.11. The van der Waals surface area contributed by atoms with Crippen molar-refractivity contribution in [1.29, 1.82) is 0 Å². The van der Waals surface area contributed by atoms with E-state index in [1.165, 1.54) is 42.9 Å². The summed E-state index contributed by atoms with van der Waals surface area (Å²) < 4.78 is 0. The number of nitrogens with one attached hydrogen (secondary N) is 1. The number of hydrogen-bond acceptors (Lipinski definition) is 6. The van der Waals surface area contributed by atoms with Crippen LogP contribution >= 0.6 is 11.3 Å². The van der Waals surface area contributed by atoms with Crippen molar-refractivity contribution in [1.82, 2.24) is 20.2 Å². The zero-order valence-electron chi connectivity index (χ0n) is 16.7. The molecule has 0 aromatic carbocycles. The first kappa shape index (κ1) is 18.8. The van der Waals surface area contributed by atoms with Crippen molar-refractivity contribution in [3.63, 3.8) is 0 Å². The number of rotatable bonds is 7. The molecular weight excluding hydrogens is 354 g/mol. The number of thiazole rings is 1. The predicted molar refractivity (Wildman–Crippen MR) is 112 cm³/mol. The average molecular weight is 386 g/mol. The van der Waals surface area contributed by atoms with Crippen LogP contribution in [-0.4, -0.2) is 47.1 Å². The van der Waals surface area contributed by atoms with Crippen molar-refractivity contribution < 1.29 is 0 Å². The molecule has 1 saturated carbocycles. The van der Waals surface area contributed by atoms with Gasteiger partial charge in [0.25, 0.3) is 0 Å². The molecule has 2 aromatic heterocycles. The lowest BCUT2D eigenvalue weighted by molar-refractivity contribution is 0.187. The molecular formula is C21H31N5S. The fourth-order valence-electron chi connectivity index (χ4n) is 4.30. The maximum atomic E-state index is 4.71. The van der Waals surface area contributed by atoms with E-state index in [0.717, 1.165) is 18.9 Å². The van der Waals surface area contributed by atoms with Crippen LogP contribution in [0.5, 0.6) is 0 Å². The van der Waals surface area contributed by atoms with Gasteiger partial charge in [0.15, 0.2) is 0 Å². The Balaban J connectivity index is 1.48. The van der Waals surface area contributed by atoms with Crippen molar-refractivity contribution in [2.45, 2.75) is 58.3 Å². The molecule has 146 valence electrons. The van der Waals surface area contributed by atoms with E-state index >= 15 is 0 Å². The van der Waals surface area contributed by atoms with Crippen LogP contribution in [0.1, 0.15) is 43.7 Å². The lowest BCUT2D eigenvalue weighted by Gasteiger charge is -2.29. The first-order valence-electron chi connectivity index (χ1n) is 10.1. The van der Waals surface area contributed by atoms with E-state index in [0.29, 0.717) is 17.5 Å². The molecule has 1 aliphatic carbocycles. The van der Waals surface area contributed by atoms with Gasteiger partial charge in [0.05, 0.1) is 6.54 Å². The third kappa shape index (κ3) is 4.18. The lowest BCUT2D eigenvalue weighted by atomic mass is 9.93. The standard InChI is InChI=1S/C21H31N5S/c1-16(2)25(3)19-5-4-17(13-24-19)14-26(15-20-23-10-11-27-20)18-12-21(18)6-8-22-9-7-21/h4-5,10-11,13,16,18,22H,6-9,12,14-15H2,1-3H3. The summed E-state index contributed by atoms with van der Waals surface area (Å²) in [6.45, 7) is 8.62. The normalized spacial score (nSPS) is 21.1. The Kier molecular flexibility index (Phi) is 5.48. The number of pyridine rings is 1. The van der Waals surface area contributed by atoms with Crippen molar-refractivity contribution >= 4 is 17.2 Å². The van der Waals surface area contributed by atoms with E-state index in [9.17, 15) is 0 Å². The maximum Gasteiger partial charge on any atom is 0.128 e. The fraction of sp³-hybridized carbons (Fsp3) is 0.619. The SMILES string of the molecule is CC(C)N(C)c1ccc(CN(Cc2nccs2)C2CC23CCNCC3)cn1. The highest BCUT2D eigenvalue weighted by Crippen LogP contribution is 2.56. The van der Waals surface area contributed by atoms with Crippen LogP contribution in [0.2, 0.25) is 0 Å². The van der Waals surface area contributed by atoms with Crippen LogP contribution in [0.3, 0.4) is 0 Å². The summed E-state index contributed by atoms with van der Waals surface area (Å²) in [5.74, 6) is 1.04. The molecule has 4 rings (SSSR count). The smallest absolute Gasteiger partial charge is 0.128 e. The summed E-state index contributed by atoms with van der Waals surface area (Å²) >= 11 is 1.76. The quantitative estimate of drug-likeness (QED) is 0.790. The minimum absolute atomic E-state index is 0.455.